The van der Waals surface area contributed by atoms with Crippen LogP contribution in [0.1, 0.15) is 87.2 Å². The number of aromatic nitrogens is 1. The standard InChI is InChI=1S/C27H36N4O5/c1-17(28-26(34)35-27(2,3)4)25(33)31-14-12-20(13-15-31)23(19-8-6-5-7-9-19)29-24(32)21-16-22(36-30-21)18-10-11-18/h5-9,16-18,20,23H,10-15H2,1-4H3,(H,28,34)(H,29,32)/t17-,23+/m0/s1. The van der Waals surface area contributed by atoms with Crippen molar-refractivity contribution in [3.05, 3.63) is 53.4 Å². The molecule has 4 rings (SSSR count). The number of hydrogen-bond acceptors (Lipinski definition) is 6. The highest BCUT2D eigenvalue weighted by Gasteiger charge is 2.34. The minimum atomic E-state index is -0.686. The molecule has 1 aromatic carbocycles. The van der Waals surface area contributed by atoms with Crippen molar-refractivity contribution in [1.82, 2.24) is 20.7 Å². The molecule has 36 heavy (non-hydrogen) atoms. The molecule has 3 amide bonds. The molecule has 0 bridgehead atoms. The van der Waals surface area contributed by atoms with Gasteiger partial charge in [0.2, 0.25) is 5.91 Å². The van der Waals surface area contributed by atoms with Gasteiger partial charge in [0.05, 0.1) is 6.04 Å². The number of hydrogen-bond donors (Lipinski definition) is 2. The van der Waals surface area contributed by atoms with Gasteiger partial charge in [-0.3, -0.25) is 9.59 Å². The molecule has 0 spiro atoms. The van der Waals surface area contributed by atoms with Crippen LogP contribution < -0.4 is 10.6 Å². The van der Waals surface area contributed by atoms with Gasteiger partial charge >= 0.3 is 6.09 Å². The van der Waals surface area contributed by atoms with Crippen molar-refractivity contribution in [3.63, 3.8) is 0 Å². The fraction of sp³-hybridized carbons (Fsp3) is 0.556. The minimum Gasteiger partial charge on any atom is -0.444 e. The Kier molecular flexibility index (Phi) is 7.66. The summed E-state index contributed by atoms with van der Waals surface area (Å²) in [5.41, 5.74) is 0.682. The Labute approximate surface area is 211 Å². The number of carbonyl (C=O) groups is 3. The van der Waals surface area contributed by atoms with E-state index in [1.807, 2.05) is 30.3 Å². The molecule has 2 heterocycles. The predicted molar refractivity (Wildman–Crippen MR) is 133 cm³/mol. The molecule has 1 aliphatic heterocycles. The maximum Gasteiger partial charge on any atom is 0.408 e. The van der Waals surface area contributed by atoms with Crippen LogP contribution in [0.5, 0.6) is 0 Å². The number of alkyl carbamates (subject to hydrolysis) is 1. The normalized spacial score (nSPS) is 18.3. The molecule has 9 nitrogen and oxygen atoms in total. The van der Waals surface area contributed by atoms with Crippen LogP contribution in [0, 0.1) is 5.92 Å². The number of nitrogens with zero attached hydrogens (tertiary/aromatic N) is 2. The minimum absolute atomic E-state index is 0.143. The topological polar surface area (TPSA) is 114 Å². The quantitative estimate of drug-likeness (QED) is 0.595. The van der Waals surface area contributed by atoms with E-state index in [1.165, 1.54) is 0 Å². The highest BCUT2D eigenvalue weighted by Crippen LogP contribution is 2.40. The molecule has 1 aliphatic carbocycles. The van der Waals surface area contributed by atoms with Crippen LogP contribution in [0.4, 0.5) is 4.79 Å². The molecule has 2 aromatic rings. The van der Waals surface area contributed by atoms with Crippen LogP contribution in [-0.4, -0.2) is 52.7 Å². The number of rotatable bonds is 7. The van der Waals surface area contributed by atoms with Gasteiger partial charge in [-0.15, -0.1) is 0 Å². The molecule has 2 atom stereocenters. The molecule has 1 saturated heterocycles. The fourth-order valence-corrected chi connectivity index (χ4v) is 4.58. The number of benzene rings is 1. The predicted octanol–water partition coefficient (Wildman–Crippen LogP) is 4.17. The monoisotopic (exact) mass is 496 g/mol. The zero-order valence-corrected chi connectivity index (χ0v) is 21.5. The van der Waals surface area contributed by atoms with E-state index in [0.717, 1.165) is 37.0 Å². The van der Waals surface area contributed by atoms with Crippen molar-refractivity contribution >= 4 is 17.9 Å². The molecular formula is C27H36N4O5. The first-order valence-corrected chi connectivity index (χ1v) is 12.7. The van der Waals surface area contributed by atoms with E-state index < -0.39 is 17.7 Å². The molecule has 2 aliphatic rings. The van der Waals surface area contributed by atoms with E-state index in [2.05, 4.69) is 15.8 Å². The number of piperidine rings is 1. The van der Waals surface area contributed by atoms with Crippen LogP contribution in [-0.2, 0) is 9.53 Å². The molecule has 2 fully saturated rings. The maximum atomic E-state index is 13.0. The van der Waals surface area contributed by atoms with Gasteiger partial charge < -0.3 is 24.8 Å². The first-order chi connectivity index (χ1) is 17.1. The van der Waals surface area contributed by atoms with Gasteiger partial charge in [0.1, 0.15) is 17.4 Å². The van der Waals surface area contributed by atoms with Crippen LogP contribution >= 0.6 is 0 Å². The Hall–Kier alpha value is -3.36. The highest BCUT2D eigenvalue weighted by molar-refractivity contribution is 5.92. The third-order valence-corrected chi connectivity index (χ3v) is 6.61. The van der Waals surface area contributed by atoms with Crippen molar-refractivity contribution < 1.29 is 23.6 Å². The maximum absolute atomic E-state index is 13.0. The highest BCUT2D eigenvalue weighted by atomic mass is 16.6. The third kappa shape index (κ3) is 6.65. The average molecular weight is 497 g/mol. The van der Waals surface area contributed by atoms with E-state index >= 15 is 0 Å². The lowest BCUT2D eigenvalue weighted by atomic mass is 9.85. The zero-order chi connectivity index (χ0) is 25.9. The lowest BCUT2D eigenvalue weighted by Gasteiger charge is -2.37. The Morgan fingerprint density at radius 3 is 2.33 bits per heavy atom. The van der Waals surface area contributed by atoms with Gasteiger partial charge in [0.15, 0.2) is 5.69 Å². The lowest BCUT2D eigenvalue weighted by molar-refractivity contribution is -0.134. The molecule has 9 heteroatoms. The van der Waals surface area contributed by atoms with Crippen LogP contribution in [0.3, 0.4) is 0 Å². The van der Waals surface area contributed by atoms with Crippen LogP contribution in [0.2, 0.25) is 0 Å². The SMILES string of the molecule is C[C@H](NC(=O)OC(C)(C)C)C(=O)N1CCC([C@H](NC(=O)c2cc(C3CC3)on2)c2ccccc2)CC1. The van der Waals surface area contributed by atoms with Gasteiger partial charge in [-0.1, -0.05) is 35.5 Å². The van der Waals surface area contributed by atoms with Gasteiger partial charge in [-0.25, -0.2) is 4.79 Å². The van der Waals surface area contributed by atoms with E-state index in [4.69, 9.17) is 9.26 Å². The summed E-state index contributed by atoms with van der Waals surface area (Å²) < 4.78 is 10.6. The van der Waals surface area contributed by atoms with Crippen molar-refractivity contribution in [3.8, 4) is 0 Å². The molecule has 1 saturated carbocycles. The second kappa shape index (κ2) is 10.7. The van der Waals surface area contributed by atoms with Gasteiger partial charge in [0.25, 0.3) is 5.91 Å². The van der Waals surface area contributed by atoms with Crippen molar-refractivity contribution in [2.45, 2.75) is 77.0 Å². The molecule has 2 N–H and O–H groups in total. The van der Waals surface area contributed by atoms with Crippen molar-refractivity contribution in [1.29, 1.82) is 0 Å². The number of amides is 3. The molecule has 1 aromatic heterocycles. The first-order valence-electron chi connectivity index (χ1n) is 12.7. The summed E-state index contributed by atoms with van der Waals surface area (Å²) in [5, 5.41) is 9.78. The van der Waals surface area contributed by atoms with E-state index in [1.54, 1.807) is 38.7 Å². The molecule has 0 unspecified atom stereocenters. The Morgan fingerprint density at radius 1 is 1.06 bits per heavy atom. The Balaban J connectivity index is 1.37. The van der Waals surface area contributed by atoms with Gasteiger partial charge in [0, 0.05) is 25.1 Å². The summed E-state index contributed by atoms with van der Waals surface area (Å²) in [6.07, 6.45) is 2.98. The lowest BCUT2D eigenvalue weighted by Crippen LogP contribution is -2.51. The summed E-state index contributed by atoms with van der Waals surface area (Å²) >= 11 is 0. The van der Waals surface area contributed by atoms with Crippen LogP contribution in [0.25, 0.3) is 0 Å². The largest absolute Gasteiger partial charge is 0.444 e. The summed E-state index contributed by atoms with van der Waals surface area (Å²) in [6, 6.07) is 10.7. The van der Waals surface area contributed by atoms with E-state index in [0.29, 0.717) is 24.7 Å². The number of likely N-dealkylation sites (tertiary alicyclic amines) is 1. The third-order valence-electron chi connectivity index (χ3n) is 6.61. The Bertz CT molecular complexity index is 1070. The summed E-state index contributed by atoms with van der Waals surface area (Å²) in [4.78, 5) is 39.8. The molecule has 0 radical (unpaired) electrons. The van der Waals surface area contributed by atoms with Gasteiger partial charge in [-0.05, 0) is 64.9 Å². The van der Waals surface area contributed by atoms with Crippen molar-refractivity contribution in [2.75, 3.05) is 13.1 Å². The van der Waals surface area contributed by atoms with E-state index in [9.17, 15) is 14.4 Å². The summed E-state index contributed by atoms with van der Waals surface area (Å²) in [7, 11) is 0. The van der Waals surface area contributed by atoms with E-state index in [-0.39, 0.29) is 23.8 Å². The number of nitrogens with one attached hydrogen (secondary N) is 2. The summed E-state index contributed by atoms with van der Waals surface area (Å²) in [5.74, 6) is 0.905. The van der Waals surface area contributed by atoms with Gasteiger partial charge in [-0.2, -0.15) is 0 Å². The Morgan fingerprint density at radius 2 is 1.72 bits per heavy atom. The smallest absolute Gasteiger partial charge is 0.408 e. The summed E-state index contributed by atoms with van der Waals surface area (Å²) in [6.45, 7) is 8.08. The number of ether oxygens (including phenoxy) is 1. The van der Waals surface area contributed by atoms with Crippen molar-refractivity contribution in [2.24, 2.45) is 5.92 Å². The van der Waals surface area contributed by atoms with Crippen LogP contribution in [0.15, 0.2) is 40.9 Å². The fourth-order valence-electron chi connectivity index (χ4n) is 4.58. The zero-order valence-electron chi connectivity index (χ0n) is 21.5. The second-order valence-electron chi connectivity index (χ2n) is 10.8. The molecule has 194 valence electrons. The second-order valence-corrected chi connectivity index (χ2v) is 10.8. The average Bonchev–Trinajstić information content (AvgIpc) is 3.57. The molecular weight excluding hydrogens is 460 g/mol. The number of carbonyl (C=O) groups excluding carboxylic acids is 3. The first kappa shape index (κ1) is 25.7.